The highest BCUT2D eigenvalue weighted by atomic mass is 35.5. The maximum Gasteiger partial charge on any atom is 0.362 e. The SMILES string of the molecule is NCCCOc1ccc(Cl)cc1NC(=O)NC1=N[NH+]([O-])c2cc(F)ccc2[NH+]1[O-]. The standard InChI is InChI=1S/C17H18ClFN6O4/c18-10-2-5-15(29-7-1-6-20)12(8-10)21-17(26)22-16-23-25(28)14-9-11(19)3-4-13(14)24(16)27/h2-5,8-9,24-25H,1,6-7,20H2,(H2,21,22,23,26). The molecule has 1 heterocycles. The summed E-state index contributed by atoms with van der Waals surface area (Å²) in [6.45, 7) is 0.777. The Morgan fingerprint density at radius 1 is 1.21 bits per heavy atom. The normalized spacial score (nSPS) is 17.9. The quantitative estimate of drug-likeness (QED) is 0.347. The lowest BCUT2D eigenvalue weighted by atomic mass is 10.2. The molecular weight excluding hydrogens is 407 g/mol. The van der Waals surface area contributed by atoms with Crippen LogP contribution in [0.1, 0.15) is 6.42 Å². The lowest BCUT2D eigenvalue weighted by Gasteiger charge is -2.30. The van der Waals surface area contributed by atoms with Crippen LogP contribution in [-0.2, 0) is 0 Å². The number of hydrogen-bond donors (Lipinski definition) is 5. The molecule has 3 rings (SSSR count). The first-order valence-corrected chi connectivity index (χ1v) is 8.94. The number of nitrogens with one attached hydrogen (secondary N) is 4. The molecule has 0 aromatic heterocycles. The molecule has 29 heavy (non-hydrogen) atoms. The van der Waals surface area contributed by atoms with Crippen LogP contribution in [0.5, 0.6) is 5.75 Å². The molecule has 1 aliphatic rings. The van der Waals surface area contributed by atoms with Gasteiger partial charge in [-0.25, -0.2) is 14.5 Å². The van der Waals surface area contributed by atoms with Gasteiger partial charge in [-0.1, -0.05) is 11.6 Å². The number of ether oxygens (including phenoxy) is 1. The molecule has 0 aliphatic carbocycles. The summed E-state index contributed by atoms with van der Waals surface area (Å²) in [4.78, 5) is 12.3. The van der Waals surface area contributed by atoms with Crippen molar-refractivity contribution in [2.45, 2.75) is 6.42 Å². The molecule has 2 aromatic carbocycles. The van der Waals surface area contributed by atoms with Crippen molar-refractivity contribution in [2.75, 3.05) is 18.5 Å². The minimum Gasteiger partial charge on any atom is -0.621 e. The van der Waals surface area contributed by atoms with Crippen LogP contribution in [0.3, 0.4) is 0 Å². The molecular formula is C17H18ClFN6O4. The number of urea groups is 1. The molecule has 2 aromatic rings. The number of nitrogens with two attached hydrogens (primary N) is 1. The molecule has 2 unspecified atom stereocenters. The van der Waals surface area contributed by atoms with Crippen LogP contribution in [0.2, 0.25) is 5.02 Å². The van der Waals surface area contributed by atoms with E-state index in [1.54, 1.807) is 12.1 Å². The largest absolute Gasteiger partial charge is 0.621 e. The Labute approximate surface area is 169 Å². The highest BCUT2D eigenvalue weighted by Crippen LogP contribution is 2.28. The lowest BCUT2D eigenvalue weighted by molar-refractivity contribution is -0.813. The van der Waals surface area contributed by atoms with E-state index in [9.17, 15) is 19.6 Å². The Morgan fingerprint density at radius 3 is 2.76 bits per heavy atom. The molecule has 154 valence electrons. The molecule has 12 heteroatoms. The van der Waals surface area contributed by atoms with Crippen molar-refractivity contribution < 1.29 is 24.2 Å². The van der Waals surface area contributed by atoms with Crippen LogP contribution >= 0.6 is 11.6 Å². The van der Waals surface area contributed by atoms with Crippen LogP contribution in [-0.4, -0.2) is 25.1 Å². The number of hydrogen-bond acceptors (Lipinski definition) is 6. The van der Waals surface area contributed by atoms with E-state index in [1.165, 1.54) is 12.1 Å². The van der Waals surface area contributed by atoms with E-state index >= 15 is 0 Å². The lowest BCUT2D eigenvalue weighted by Crippen LogP contribution is -3.15. The summed E-state index contributed by atoms with van der Waals surface area (Å²) in [5.41, 5.74) is 5.48. The van der Waals surface area contributed by atoms with Crippen molar-refractivity contribution in [1.82, 2.24) is 5.32 Å². The number of anilines is 1. The average molecular weight is 425 g/mol. The van der Waals surface area contributed by atoms with E-state index in [2.05, 4.69) is 15.7 Å². The van der Waals surface area contributed by atoms with Gasteiger partial charge in [0, 0.05) is 22.3 Å². The monoisotopic (exact) mass is 424 g/mol. The minimum atomic E-state index is -0.832. The highest BCUT2D eigenvalue weighted by molar-refractivity contribution is 6.31. The molecule has 2 amide bonds. The Morgan fingerprint density at radius 2 is 2.00 bits per heavy atom. The summed E-state index contributed by atoms with van der Waals surface area (Å²) in [7, 11) is 0. The fourth-order valence-electron chi connectivity index (χ4n) is 2.57. The molecule has 1 aliphatic heterocycles. The number of guanidine groups is 1. The number of carbonyl (C=O) groups excluding carboxylic acids is 1. The van der Waals surface area contributed by atoms with Crippen molar-refractivity contribution in [2.24, 2.45) is 10.8 Å². The Balaban J connectivity index is 1.73. The molecule has 0 radical (unpaired) electrons. The molecule has 0 saturated carbocycles. The van der Waals surface area contributed by atoms with Gasteiger partial charge in [-0.05, 0) is 37.2 Å². The van der Waals surface area contributed by atoms with Crippen LogP contribution in [0.25, 0.3) is 0 Å². The van der Waals surface area contributed by atoms with Gasteiger partial charge in [0.25, 0.3) is 0 Å². The number of amides is 2. The van der Waals surface area contributed by atoms with E-state index in [1.807, 2.05) is 0 Å². The number of carbonyl (C=O) groups is 1. The van der Waals surface area contributed by atoms with Gasteiger partial charge >= 0.3 is 12.0 Å². The molecule has 2 atom stereocenters. The van der Waals surface area contributed by atoms with Gasteiger partial charge in [-0.15, -0.1) is 0 Å². The van der Waals surface area contributed by atoms with Crippen LogP contribution in [0, 0.1) is 16.2 Å². The topological polar surface area (TPSA) is 144 Å². The number of halogens is 2. The van der Waals surface area contributed by atoms with E-state index in [0.717, 1.165) is 12.1 Å². The second-order valence-corrected chi connectivity index (χ2v) is 6.43. The summed E-state index contributed by atoms with van der Waals surface area (Å²) in [6.07, 6.45) is 0.613. The second kappa shape index (κ2) is 9.13. The molecule has 0 saturated heterocycles. The third kappa shape index (κ3) is 4.98. The van der Waals surface area contributed by atoms with Gasteiger partial charge in [0.2, 0.25) is 11.4 Å². The smallest absolute Gasteiger partial charge is 0.362 e. The zero-order valence-corrected chi connectivity index (χ0v) is 15.8. The predicted octanol–water partition coefficient (Wildman–Crippen LogP) is 0.341. The van der Waals surface area contributed by atoms with E-state index in [-0.39, 0.29) is 17.1 Å². The van der Waals surface area contributed by atoms with E-state index in [4.69, 9.17) is 22.1 Å². The van der Waals surface area contributed by atoms with Crippen LogP contribution in [0.15, 0.2) is 41.5 Å². The van der Waals surface area contributed by atoms with E-state index < -0.39 is 28.0 Å². The Bertz CT molecular complexity index is 944. The first kappa shape index (κ1) is 20.9. The molecule has 6 N–H and O–H groups in total. The summed E-state index contributed by atoms with van der Waals surface area (Å²) in [5, 5.41) is 31.6. The number of nitrogens with zero attached hydrogens (tertiary/aromatic N) is 1. The fourth-order valence-corrected chi connectivity index (χ4v) is 2.74. The third-order valence-corrected chi connectivity index (χ3v) is 4.15. The van der Waals surface area contributed by atoms with Gasteiger partial charge in [0.1, 0.15) is 11.6 Å². The predicted molar refractivity (Wildman–Crippen MR) is 105 cm³/mol. The molecule has 0 bridgehead atoms. The first-order valence-electron chi connectivity index (χ1n) is 8.56. The number of hydroxylamine groups is 1. The van der Waals surface area contributed by atoms with Crippen LogP contribution < -0.4 is 31.3 Å². The minimum absolute atomic E-state index is 0.0461. The highest BCUT2D eigenvalue weighted by Gasteiger charge is 2.30. The van der Waals surface area contributed by atoms with Crippen molar-refractivity contribution in [3.05, 3.63) is 57.7 Å². The van der Waals surface area contributed by atoms with Crippen molar-refractivity contribution >= 4 is 40.7 Å². The molecule has 0 fully saturated rings. The number of fused-ring (bicyclic) bond motifs is 1. The Hall–Kier alpha value is -2.80. The summed E-state index contributed by atoms with van der Waals surface area (Å²) < 4.78 is 18.9. The fraction of sp³-hybridized carbons (Fsp3) is 0.176. The van der Waals surface area contributed by atoms with Crippen molar-refractivity contribution in [3.63, 3.8) is 0 Å². The van der Waals surface area contributed by atoms with Gasteiger partial charge in [-0.2, -0.15) is 5.17 Å². The Kier molecular flexibility index (Phi) is 6.59. The number of quaternary nitrogens is 2. The van der Waals surface area contributed by atoms with Gasteiger partial charge in [0.05, 0.1) is 12.3 Å². The first-order chi connectivity index (χ1) is 13.9. The maximum absolute atomic E-state index is 13.3. The average Bonchev–Trinajstić information content (AvgIpc) is 2.67. The van der Waals surface area contributed by atoms with E-state index in [0.29, 0.717) is 30.3 Å². The number of rotatable bonds is 5. The summed E-state index contributed by atoms with van der Waals surface area (Å²) in [5.74, 6) is -0.789. The zero-order chi connectivity index (χ0) is 21.0. The van der Waals surface area contributed by atoms with Crippen molar-refractivity contribution in [3.8, 4) is 5.75 Å². The van der Waals surface area contributed by atoms with Gasteiger partial charge in [-0.3, -0.25) is 5.06 Å². The second-order valence-electron chi connectivity index (χ2n) is 5.99. The van der Waals surface area contributed by atoms with Gasteiger partial charge < -0.3 is 26.2 Å². The summed E-state index contributed by atoms with van der Waals surface area (Å²) in [6, 6.07) is 6.93. The van der Waals surface area contributed by atoms with Crippen LogP contribution in [0.4, 0.5) is 26.2 Å². The van der Waals surface area contributed by atoms with Crippen molar-refractivity contribution in [1.29, 1.82) is 0 Å². The van der Waals surface area contributed by atoms with Gasteiger partial charge in [0.15, 0.2) is 0 Å². The molecule has 0 spiro atoms. The number of benzene rings is 2. The summed E-state index contributed by atoms with van der Waals surface area (Å²) >= 11 is 5.96. The molecule has 10 nitrogen and oxygen atoms in total. The third-order valence-electron chi connectivity index (χ3n) is 3.91. The maximum atomic E-state index is 13.3. The zero-order valence-electron chi connectivity index (χ0n) is 15.0.